The zero-order valence-electron chi connectivity index (χ0n) is 11.4. The molecule has 1 N–H and O–H groups in total. The number of hydrogen-bond acceptors (Lipinski definition) is 2. The van der Waals surface area contributed by atoms with Gasteiger partial charge in [0.15, 0.2) is 6.10 Å². The molecule has 0 fully saturated rings. The first-order valence-electron chi connectivity index (χ1n) is 6.34. The van der Waals surface area contributed by atoms with Gasteiger partial charge in [0.2, 0.25) is 0 Å². The summed E-state index contributed by atoms with van der Waals surface area (Å²) in [5.74, 6) is 0.484. The third kappa shape index (κ3) is 4.00. The van der Waals surface area contributed by atoms with Crippen molar-refractivity contribution in [3.05, 3.63) is 59.1 Å². The molecule has 1 atom stereocenters. The van der Waals surface area contributed by atoms with Crippen molar-refractivity contribution in [2.45, 2.75) is 20.0 Å². The number of aryl methyl sites for hydroxylation is 1. The summed E-state index contributed by atoms with van der Waals surface area (Å²) in [4.78, 5) is 12.0. The quantitative estimate of drug-likeness (QED) is 0.922. The van der Waals surface area contributed by atoms with E-state index >= 15 is 0 Å². The molecule has 0 spiro atoms. The van der Waals surface area contributed by atoms with Gasteiger partial charge in [-0.05, 0) is 55.8 Å². The fraction of sp³-hybridized carbons (Fsp3) is 0.188. The Balaban J connectivity index is 1.96. The van der Waals surface area contributed by atoms with E-state index in [1.54, 1.807) is 31.2 Å². The number of amides is 1. The van der Waals surface area contributed by atoms with E-state index in [1.165, 1.54) is 0 Å². The van der Waals surface area contributed by atoms with Crippen LogP contribution in [-0.2, 0) is 4.79 Å². The molecule has 0 unspecified atom stereocenters. The summed E-state index contributed by atoms with van der Waals surface area (Å²) in [5.41, 5.74) is 1.78. The Morgan fingerprint density at radius 2 is 1.90 bits per heavy atom. The van der Waals surface area contributed by atoms with Crippen molar-refractivity contribution in [3.8, 4) is 5.75 Å². The van der Waals surface area contributed by atoms with Gasteiger partial charge < -0.3 is 10.1 Å². The Morgan fingerprint density at radius 1 is 1.20 bits per heavy atom. The van der Waals surface area contributed by atoms with E-state index in [1.807, 2.05) is 31.2 Å². The van der Waals surface area contributed by atoms with Gasteiger partial charge in [-0.25, -0.2) is 0 Å². The van der Waals surface area contributed by atoms with Crippen LogP contribution in [0.2, 0.25) is 5.02 Å². The number of nitrogens with one attached hydrogen (secondary N) is 1. The van der Waals surface area contributed by atoms with Crippen LogP contribution in [0.1, 0.15) is 12.5 Å². The van der Waals surface area contributed by atoms with E-state index in [0.717, 1.165) is 5.56 Å². The van der Waals surface area contributed by atoms with Crippen LogP contribution in [0.5, 0.6) is 5.75 Å². The highest BCUT2D eigenvalue weighted by atomic mass is 35.5. The molecule has 104 valence electrons. The molecule has 2 aromatic rings. The molecule has 0 aliphatic rings. The molecule has 0 bridgehead atoms. The first-order chi connectivity index (χ1) is 9.54. The van der Waals surface area contributed by atoms with Gasteiger partial charge in [-0.3, -0.25) is 4.79 Å². The van der Waals surface area contributed by atoms with Gasteiger partial charge in [0.05, 0.1) is 0 Å². The summed E-state index contributed by atoms with van der Waals surface area (Å²) in [7, 11) is 0. The third-order valence-corrected chi connectivity index (χ3v) is 3.04. The number of benzene rings is 2. The fourth-order valence-corrected chi connectivity index (χ4v) is 1.85. The molecular weight excluding hydrogens is 274 g/mol. The van der Waals surface area contributed by atoms with Crippen molar-refractivity contribution in [3.63, 3.8) is 0 Å². The summed E-state index contributed by atoms with van der Waals surface area (Å²) in [6.07, 6.45) is -0.576. The van der Waals surface area contributed by atoms with Gasteiger partial charge in [0.25, 0.3) is 5.91 Å². The van der Waals surface area contributed by atoms with Crippen molar-refractivity contribution in [1.29, 1.82) is 0 Å². The lowest BCUT2D eigenvalue weighted by Gasteiger charge is -2.15. The van der Waals surface area contributed by atoms with Gasteiger partial charge in [0, 0.05) is 10.7 Å². The second-order valence-electron chi connectivity index (χ2n) is 4.57. The van der Waals surface area contributed by atoms with E-state index in [9.17, 15) is 4.79 Å². The lowest BCUT2D eigenvalue weighted by atomic mass is 10.2. The lowest BCUT2D eigenvalue weighted by molar-refractivity contribution is -0.122. The number of hydrogen-bond donors (Lipinski definition) is 1. The number of ether oxygens (including phenoxy) is 1. The normalized spacial score (nSPS) is 11.8. The first kappa shape index (κ1) is 14.4. The molecule has 0 heterocycles. The molecule has 0 saturated carbocycles. The standard InChI is InChI=1S/C16H16ClNO2/c1-11-4-3-5-15(10-11)20-12(2)16(19)18-14-8-6-13(17)7-9-14/h3-10,12H,1-2H3,(H,18,19)/t12-/m0/s1. The molecule has 0 aliphatic carbocycles. The van der Waals surface area contributed by atoms with Crippen LogP contribution in [0.4, 0.5) is 5.69 Å². The maximum Gasteiger partial charge on any atom is 0.265 e. The Morgan fingerprint density at radius 3 is 2.55 bits per heavy atom. The van der Waals surface area contributed by atoms with Gasteiger partial charge in [-0.1, -0.05) is 23.7 Å². The Kier molecular flexibility index (Phi) is 4.64. The molecular formula is C16H16ClNO2. The van der Waals surface area contributed by atoms with E-state index in [2.05, 4.69) is 5.32 Å². The molecule has 4 heteroatoms. The smallest absolute Gasteiger partial charge is 0.265 e. The minimum absolute atomic E-state index is 0.200. The largest absolute Gasteiger partial charge is 0.481 e. The van der Waals surface area contributed by atoms with Gasteiger partial charge in [0.1, 0.15) is 5.75 Å². The average Bonchev–Trinajstić information content (AvgIpc) is 2.41. The van der Waals surface area contributed by atoms with Gasteiger partial charge in [-0.2, -0.15) is 0 Å². The third-order valence-electron chi connectivity index (χ3n) is 2.78. The topological polar surface area (TPSA) is 38.3 Å². The minimum atomic E-state index is -0.576. The molecule has 1 amide bonds. The maximum absolute atomic E-state index is 12.0. The van der Waals surface area contributed by atoms with Gasteiger partial charge in [-0.15, -0.1) is 0 Å². The number of halogens is 1. The SMILES string of the molecule is Cc1cccc(O[C@@H](C)C(=O)Nc2ccc(Cl)cc2)c1. The predicted octanol–water partition coefficient (Wildman–Crippen LogP) is 4.05. The van der Waals surface area contributed by atoms with Crippen LogP contribution in [0.3, 0.4) is 0 Å². The number of carbonyl (C=O) groups excluding carboxylic acids is 1. The van der Waals surface area contributed by atoms with Crippen molar-refractivity contribution in [1.82, 2.24) is 0 Å². The van der Waals surface area contributed by atoms with Crippen molar-refractivity contribution >= 4 is 23.2 Å². The van der Waals surface area contributed by atoms with Crippen molar-refractivity contribution in [2.24, 2.45) is 0 Å². The minimum Gasteiger partial charge on any atom is -0.481 e. The highest BCUT2D eigenvalue weighted by Crippen LogP contribution is 2.16. The molecule has 20 heavy (non-hydrogen) atoms. The monoisotopic (exact) mass is 289 g/mol. The molecule has 0 aliphatic heterocycles. The van der Waals surface area contributed by atoms with E-state index in [-0.39, 0.29) is 5.91 Å². The van der Waals surface area contributed by atoms with Crippen LogP contribution < -0.4 is 10.1 Å². The second-order valence-corrected chi connectivity index (χ2v) is 5.01. The fourth-order valence-electron chi connectivity index (χ4n) is 1.72. The molecule has 0 radical (unpaired) electrons. The van der Waals surface area contributed by atoms with Crippen LogP contribution in [0, 0.1) is 6.92 Å². The molecule has 3 nitrogen and oxygen atoms in total. The Hall–Kier alpha value is -2.00. The Labute approximate surface area is 123 Å². The molecule has 2 aromatic carbocycles. The average molecular weight is 290 g/mol. The van der Waals surface area contributed by atoms with Crippen molar-refractivity contribution in [2.75, 3.05) is 5.32 Å². The van der Waals surface area contributed by atoms with Crippen LogP contribution in [-0.4, -0.2) is 12.0 Å². The first-order valence-corrected chi connectivity index (χ1v) is 6.72. The molecule has 0 saturated heterocycles. The van der Waals surface area contributed by atoms with Crippen LogP contribution in [0.15, 0.2) is 48.5 Å². The summed E-state index contributed by atoms with van der Waals surface area (Å²) in [5, 5.41) is 3.41. The van der Waals surface area contributed by atoms with Gasteiger partial charge >= 0.3 is 0 Å². The number of anilines is 1. The number of rotatable bonds is 4. The highest BCUT2D eigenvalue weighted by Gasteiger charge is 2.14. The zero-order valence-corrected chi connectivity index (χ0v) is 12.1. The summed E-state index contributed by atoms with van der Waals surface area (Å²) < 4.78 is 5.61. The second kappa shape index (κ2) is 6.44. The summed E-state index contributed by atoms with van der Waals surface area (Å²) >= 11 is 5.80. The van der Waals surface area contributed by atoms with E-state index in [0.29, 0.717) is 16.5 Å². The van der Waals surface area contributed by atoms with E-state index in [4.69, 9.17) is 16.3 Å². The zero-order chi connectivity index (χ0) is 14.5. The highest BCUT2D eigenvalue weighted by molar-refractivity contribution is 6.30. The summed E-state index contributed by atoms with van der Waals surface area (Å²) in [6.45, 7) is 3.69. The number of carbonyl (C=O) groups is 1. The summed E-state index contributed by atoms with van der Waals surface area (Å²) in [6, 6.07) is 14.6. The van der Waals surface area contributed by atoms with Crippen molar-refractivity contribution < 1.29 is 9.53 Å². The maximum atomic E-state index is 12.0. The molecule has 2 rings (SSSR count). The lowest BCUT2D eigenvalue weighted by Crippen LogP contribution is -2.30. The predicted molar refractivity (Wildman–Crippen MR) is 81.4 cm³/mol. The van der Waals surface area contributed by atoms with Crippen LogP contribution >= 0.6 is 11.6 Å². The molecule has 0 aromatic heterocycles. The Bertz CT molecular complexity index is 596. The van der Waals surface area contributed by atoms with Crippen LogP contribution in [0.25, 0.3) is 0 Å². The van der Waals surface area contributed by atoms with E-state index < -0.39 is 6.10 Å².